The number of aryl methyl sites for hydroxylation is 1. The van der Waals surface area contributed by atoms with E-state index in [9.17, 15) is 9.59 Å². The lowest BCUT2D eigenvalue weighted by molar-refractivity contribution is -0.121. The van der Waals surface area contributed by atoms with Gasteiger partial charge in [-0.2, -0.15) is 0 Å². The van der Waals surface area contributed by atoms with Crippen molar-refractivity contribution >= 4 is 29.1 Å². The quantitative estimate of drug-likeness (QED) is 0.682. The number of pyridine rings is 1. The van der Waals surface area contributed by atoms with E-state index in [1.807, 2.05) is 31.2 Å². The summed E-state index contributed by atoms with van der Waals surface area (Å²) < 4.78 is 0. The third-order valence-electron chi connectivity index (χ3n) is 5.14. The minimum atomic E-state index is -0.461. The topological polar surface area (TPSA) is 62.3 Å². The summed E-state index contributed by atoms with van der Waals surface area (Å²) in [5.74, 6) is -0.296. The largest absolute Gasteiger partial charge is 0.352 e. The van der Waals surface area contributed by atoms with Crippen LogP contribution in [0.2, 0.25) is 5.02 Å². The van der Waals surface area contributed by atoms with Crippen molar-refractivity contribution in [3.05, 3.63) is 94.3 Å². The Balaban J connectivity index is 1.57. The summed E-state index contributed by atoms with van der Waals surface area (Å²) in [6.45, 7) is 2.46. The van der Waals surface area contributed by atoms with Crippen LogP contribution in [0.15, 0.2) is 66.9 Å². The highest BCUT2D eigenvalue weighted by molar-refractivity contribution is 6.30. The molecule has 0 aliphatic carbocycles. The number of benzene rings is 2. The van der Waals surface area contributed by atoms with Crippen LogP contribution in [0.3, 0.4) is 0 Å². The maximum atomic E-state index is 13.0. The molecule has 0 unspecified atom stereocenters. The number of rotatable bonds is 5. The van der Waals surface area contributed by atoms with Gasteiger partial charge in [0.05, 0.1) is 23.7 Å². The Bertz CT molecular complexity index is 1070. The van der Waals surface area contributed by atoms with Crippen LogP contribution in [0.25, 0.3) is 0 Å². The van der Waals surface area contributed by atoms with E-state index in [1.54, 1.807) is 47.5 Å². The summed E-state index contributed by atoms with van der Waals surface area (Å²) in [6.07, 6.45) is 1.78. The molecule has 1 aliphatic rings. The van der Waals surface area contributed by atoms with E-state index in [1.165, 1.54) is 0 Å². The summed E-state index contributed by atoms with van der Waals surface area (Å²) in [5, 5.41) is 3.55. The predicted molar refractivity (Wildman–Crippen MR) is 113 cm³/mol. The number of fused-ring (bicyclic) bond motifs is 1. The van der Waals surface area contributed by atoms with Gasteiger partial charge in [0, 0.05) is 23.5 Å². The molecule has 1 aromatic heterocycles. The minimum Gasteiger partial charge on any atom is -0.352 e. The number of nitrogens with zero attached hydrogens (tertiary/aromatic N) is 2. The molecule has 146 valence electrons. The molecule has 2 heterocycles. The van der Waals surface area contributed by atoms with Crippen molar-refractivity contribution in [2.24, 2.45) is 0 Å². The van der Waals surface area contributed by atoms with Gasteiger partial charge in [-0.1, -0.05) is 35.9 Å². The lowest BCUT2D eigenvalue weighted by Gasteiger charge is -2.24. The van der Waals surface area contributed by atoms with Crippen molar-refractivity contribution in [3.63, 3.8) is 0 Å². The van der Waals surface area contributed by atoms with Gasteiger partial charge in [-0.05, 0) is 54.4 Å². The molecule has 0 saturated carbocycles. The number of aromatic nitrogens is 1. The van der Waals surface area contributed by atoms with Crippen LogP contribution in [0.5, 0.6) is 0 Å². The number of hydrogen-bond donors (Lipinski definition) is 1. The fourth-order valence-corrected chi connectivity index (χ4v) is 3.72. The van der Waals surface area contributed by atoms with Crippen LogP contribution in [-0.4, -0.2) is 16.8 Å². The summed E-state index contributed by atoms with van der Waals surface area (Å²) in [7, 11) is 0. The molecule has 1 atom stereocenters. The second kappa shape index (κ2) is 8.05. The van der Waals surface area contributed by atoms with Crippen LogP contribution < -0.4 is 10.2 Å². The van der Waals surface area contributed by atoms with Gasteiger partial charge in [-0.25, -0.2) is 0 Å². The van der Waals surface area contributed by atoms with Gasteiger partial charge in [-0.3, -0.25) is 19.5 Å². The number of halogens is 1. The molecular formula is C23H20ClN3O2. The van der Waals surface area contributed by atoms with Crippen molar-refractivity contribution < 1.29 is 9.59 Å². The fraction of sp³-hybridized carbons (Fsp3) is 0.174. The molecule has 1 N–H and O–H groups in total. The average Bonchev–Trinajstić information content (AvgIpc) is 3.00. The number of nitrogens with one attached hydrogen (secondary N) is 1. The van der Waals surface area contributed by atoms with Crippen molar-refractivity contribution in [1.82, 2.24) is 10.3 Å². The highest BCUT2D eigenvalue weighted by Crippen LogP contribution is 2.38. The molecule has 29 heavy (non-hydrogen) atoms. The molecule has 6 heteroatoms. The Hall–Kier alpha value is -3.18. The van der Waals surface area contributed by atoms with E-state index < -0.39 is 6.04 Å². The molecule has 2 amide bonds. The van der Waals surface area contributed by atoms with Crippen LogP contribution in [0, 0.1) is 6.92 Å². The van der Waals surface area contributed by atoms with E-state index >= 15 is 0 Å². The first-order valence-corrected chi connectivity index (χ1v) is 9.77. The summed E-state index contributed by atoms with van der Waals surface area (Å²) in [5.41, 5.74) is 4.03. The van der Waals surface area contributed by atoms with Gasteiger partial charge >= 0.3 is 0 Å². The first-order valence-electron chi connectivity index (χ1n) is 9.40. The normalized spacial score (nSPS) is 15.3. The molecular weight excluding hydrogens is 386 g/mol. The molecule has 0 fully saturated rings. The standard InChI is InChI=1S/C23H20ClN3O2/c1-15-5-2-3-6-16(15)14-26-21(28)13-20-22-19(7-4-12-25-22)23(29)27(20)18-10-8-17(24)9-11-18/h2-12,20H,13-14H2,1H3,(H,26,28)/t20-/m1/s1. The first kappa shape index (κ1) is 19.2. The number of carbonyl (C=O) groups is 2. The predicted octanol–water partition coefficient (Wildman–Crippen LogP) is 4.45. The second-order valence-corrected chi connectivity index (χ2v) is 7.45. The average molecular weight is 406 g/mol. The maximum Gasteiger partial charge on any atom is 0.260 e. The molecule has 1 aliphatic heterocycles. The molecule has 0 bridgehead atoms. The Kier molecular flexibility index (Phi) is 5.32. The van der Waals surface area contributed by atoms with Gasteiger partial charge < -0.3 is 5.32 Å². The molecule has 4 rings (SSSR count). The van der Waals surface area contributed by atoms with E-state index in [-0.39, 0.29) is 18.2 Å². The number of amides is 2. The molecule has 3 aromatic rings. The van der Waals surface area contributed by atoms with Crippen molar-refractivity contribution in [2.75, 3.05) is 4.90 Å². The van der Waals surface area contributed by atoms with Crippen LogP contribution >= 0.6 is 11.6 Å². The summed E-state index contributed by atoms with van der Waals surface area (Å²) in [4.78, 5) is 31.8. The smallest absolute Gasteiger partial charge is 0.260 e. The lowest BCUT2D eigenvalue weighted by atomic mass is 10.1. The third-order valence-corrected chi connectivity index (χ3v) is 5.39. The van der Waals surface area contributed by atoms with Crippen LogP contribution in [-0.2, 0) is 11.3 Å². The molecule has 2 aromatic carbocycles. The third kappa shape index (κ3) is 3.87. The van der Waals surface area contributed by atoms with Crippen molar-refractivity contribution in [3.8, 4) is 0 Å². The first-order chi connectivity index (χ1) is 14.0. The van der Waals surface area contributed by atoms with Crippen molar-refractivity contribution in [2.45, 2.75) is 25.9 Å². The van der Waals surface area contributed by atoms with Crippen molar-refractivity contribution in [1.29, 1.82) is 0 Å². The van der Waals surface area contributed by atoms with Gasteiger partial charge in [-0.15, -0.1) is 0 Å². The Morgan fingerprint density at radius 3 is 2.62 bits per heavy atom. The van der Waals surface area contributed by atoms with E-state index in [4.69, 9.17) is 11.6 Å². The maximum absolute atomic E-state index is 13.0. The van der Waals surface area contributed by atoms with E-state index in [2.05, 4.69) is 10.3 Å². The number of hydrogen-bond acceptors (Lipinski definition) is 3. The van der Waals surface area contributed by atoms with Crippen LogP contribution in [0.4, 0.5) is 5.69 Å². The minimum absolute atomic E-state index is 0.129. The zero-order valence-corrected chi connectivity index (χ0v) is 16.7. The van der Waals surface area contributed by atoms with E-state index in [0.29, 0.717) is 28.5 Å². The number of carbonyl (C=O) groups excluding carboxylic acids is 2. The zero-order valence-electron chi connectivity index (χ0n) is 15.9. The highest BCUT2D eigenvalue weighted by atomic mass is 35.5. The van der Waals surface area contributed by atoms with E-state index in [0.717, 1.165) is 11.1 Å². The fourth-order valence-electron chi connectivity index (χ4n) is 3.59. The van der Waals surface area contributed by atoms with Gasteiger partial charge in [0.1, 0.15) is 0 Å². The lowest BCUT2D eigenvalue weighted by Crippen LogP contribution is -2.33. The molecule has 0 saturated heterocycles. The monoisotopic (exact) mass is 405 g/mol. The zero-order chi connectivity index (χ0) is 20.4. The Labute approximate surface area is 174 Å². The second-order valence-electron chi connectivity index (χ2n) is 7.01. The summed E-state index contributed by atoms with van der Waals surface area (Å²) >= 11 is 6.00. The Morgan fingerprint density at radius 1 is 1.10 bits per heavy atom. The summed E-state index contributed by atoms with van der Waals surface area (Å²) in [6, 6.07) is 18.0. The highest BCUT2D eigenvalue weighted by Gasteiger charge is 2.39. The SMILES string of the molecule is Cc1ccccc1CNC(=O)C[C@@H]1c2ncccc2C(=O)N1c1ccc(Cl)cc1. The number of anilines is 1. The van der Waals surface area contributed by atoms with Gasteiger partial charge in [0.15, 0.2) is 0 Å². The van der Waals surface area contributed by atoms with Gasteiger partial charge in [0.2, 0.25) is 5.91 Å². The Morgan fingerprint density at radius 2 is 1.86 bits per heavy atom. The van der Waals surface area contributed by atoms with Gasteiger partial charge in [0.25, 0.3) is 5.91 Å². The molecule has 0 spiro atoms. The molecule has 0 radical (unpaired) electrons. The van der Waals surface area contributed by atoms with Crippen LogP contribution in [0.1, 0.15) is 39.6 Å². The molecule has 5 nitrogen and oxygen atoms in total.